The number of carbonyl (C=O) groups excluding carboxylic acids is 1. The minimum Gasteiger partial charge on any atom is -0.361 e. The Labute approximate surface area is 104 Å². The Hall–Kier alpha value is -1.62. The summed E-state index contributed by atoms with van der Waals surface area (Å²) in [7, 11) is 1.78. The molecule has 0 bridgehead atoms. The predicted molar refractivity (Wildman–Crippen MR) is 66.1 cm³/mol. The van der Waals surface area contributed by atoms with Crippen LogP contribution >= 0.6 is 11.3 Å². The number of rotatable bonds is 3. The number of amides is 1. The molecule has 2 heterocycles. The van der Waals surface area contributed by atoms with E-state index in [1.165, 1.54) is 11.3 Å². The average molecular weight is 250 g/mol. The van der Waals surface area contributed by atoms with E-state index in [1.54, 1.807) is 11.9 Å². The van der Waals surface area contributed by atoms with Gasteiger partial charge in [0.1, 0.15) is 5.76 Å². The smallest absolute Gasteiger partial charge is 0.254 e. The Balaban J connectivity index is 2.12. The molecule has 0 radical (unpaired) electrons. The molecule has 0 spiro atoms. The van der Waals surface area contributed by atoms with Gasteiger partial charge in [0.15, 0.2) is 0 Å². The van der Waals surface area contributed by atoms with Crippen molar-refractivity contribution in [2.24, 2.45) is 0 Å². The lowest BCUT2D eigenvalue weighted by Gasteiger charge is -2.16. The highest BCUT2D eigenvalue weighted by molar-refractivity contribution is 7.08. The van der Waals surface area contributed by atoms with Gasteiger partial charge < -0.3 is 9.42 Å². The molecule has 0 aliphatic carbocycles. The summed E-state index contributed by atoms with van der Waals surface area (Å²) in [5.41, 5.74) is 2.55. The van der Waals surface area contributed by atoms with Crippen molar-refractivity contribution < 1.29 is 9.32 Å². The monoisotopic (exact) mass is 250 g/mol. The van der Waals surface area contributed by atoms with Gasteiger partial charge in [0.05, 0.1) is 17.8 Å². The van der Waals surface area contributed by atoms with Crippen molar-refractivity contribution in [2.45, 2.75) is 20.4 Å². The second-order valence-electron chi connectivity index (χ2n) is 3.98. The maximum absolute atomic E-state index is 12.0. The Morgan fingerprint density at radius 2 is 2.29 bits per heavy atom. The quantitative estimate of drug-likeness (QED) is 0.841. The zero-order valence-electron chi connectivity index (χ0n) is 10.1. The Kier molecular flexibility index (Phi) is 3.28. The van der Waals surface area contributed by atoms with Crippen LogP contribution in [-0.2, 0) is 6.54 Å². The number of carbonyl (C=O) groups is 1. The third kappa shape index (κ3) is 2.39. The molecule has 1 amide bonds. The van der Waals surface area contributed by atoms with Crippen molar-refractivity contribution >= 4 is 17.2 Å². The summed E-state index contributed by atoms with van der Waals surface area (Å²) in [6.45, 7) is 4.27. The lowest BCUT2D eigenvalue weighted by Crippen LogP contribution is -2.26. The molecule has 0 N–H and O–H groups in total. The van der Waals surface area contributed by atoms with E-state index in [-0.39, 0.29) is 5.91 Å². The van der Waals surface area contributed by atoms with Crippen LogP contribution in [0.2, 0.25) is 0 Å². The summed E-state index contributed by atoms with van der Waals surface area (Å²) < 4.78 is 5.08. The summed E-state index contributed by atoms with van der Waals surface area (Å²) >= 11 is 1.52. The fourth-order valence-corrected chi connectivity index (χ4v) is 2.27. The van der Waals surface area contributed by atoms with Gasteiger partial charge in [-0.25, -0.2) is 0 Å². The average Bonchev–Trinajstić information content (AvgIpc) is 2.93. The predicted octanol–water partition coefficient (Wildman–Crippen LogP) is 2.63. The topological polar surface area (TPSA) is 46.3 Å². The van der Waals surface area contributed by atoms with Crippen LogP contribution in [0.5, 0.6) is 0 Å². The van der Waals surface area contributed by atoms with Crippen molar-refractivity contribution in [3.63, 3.8) is 0 Å². The molecule has 0 fully saturated rings. The summed E-state index contributed by atoms with van der Waals surface area (Å²) in [6.07, 6.45) is 0. The number of aromatic nitrogens is 1. The van der Waals surface area contributed by atoms with Crippen LogP contribution in [0.4, 0.5) is 0 Å². The number of hydrogen-bond acceptors (Lipinski definition) is 4. The molecule has 90 valence electrons. The standard InChI is InChI=1S/C12H14N2O2S/c1-8-11(9(2)16-13-8)6-14(3)12(15)10-4-5-17-7-10/h4-5,7H,6H2,1-3H3. The van der Waals surface area contributed by atoms with Gasteiger partial charge in [0, 0.05) is 18.0 Å². The highest BCUT2D eigenvalue weighted by Crippen LogP contribution is 2.16. The summed E-state index contributed by atoms with van der Waals surface area (Å²) in [5, 5.41) is 7.63. The molecule has 0 unspecified atom stereocenters. The summed E-state index contributed by atoms with van der Waals surface area (Å²) in [5.74, 6) is 0.790. The largest absolute Gasteiger partial charge is 0.361 e. The highest BCUT2D eigenvalue weighted by Gasteiger charge is 2.16. The molecule has 2 rings (SSSR count). The van der Waals surface area contributed by atoms with E-state index >= 15 is 0 Å². The van der Waals surface area contributed by atoms with Gasteiger partial charge in [0.25, 0.3) is 5.91 Å². The maximum Gasteiger partial charge on any atom is 0.254 e. The van der Waals surface area contributed by atoms with Gasteiger partial charge in [-0.2, -0.15) is 11.3 Å². The van der Waals surface area contributed by atoms with Crippen LogP contribution in [-0.4, -0.2) is 23.0 Å². The molecule has 4 nitrogen and oxygen atoms in total. The first-order chi connectivity index (χ1) is 8.09. The molecule has 5 heteroatoms. The first-order valence-corrected chi connectivity index (χ1v) is 6.23. The molecule has 0 atom stereocenters. The number of hydrogen-bond donors (Lipinski definition) is 0. The number of aryl methyl sites for hydroxylation is 2. The third-order valence-electron chi connectivity index (χ3n) is 2.69. The second-order valence-corrected chi connectivity index (χ2v) is 4.76. The van der Waals surface area contributed by atoms with Gasteiger partial charge >= 0.3 is 0 Å². The van der Waals surface area contributed by atoms with Crippen molar-refractivity contribution in [2.75, 3.05) is 7.05 Å². The molecule has 2 aromatic rings. The van der Waals surface area contributed by atoms with Crippen LogP contribution in [0.1, 0.15) is 27.4 Å². The van der Waals surface area contributed by atoms with Crippen LogP contribution in [0.25, 0.3) is 0 Å². The van der Waals surface area contributed by atoms with E-state index in [0.29, 0.717) is 6.54 Å². The maximum atomic E-state index is 12.0. The van der Waals surface area contributed by atoms with E-state index in [9.17, 15) is 4.79 Å². The zero-order chi connectivity index (χ0) is 12.4. The SMILES string of the molecule is Cc1noc(C)c1CN(C)C(=O)c1ccsc1. The van der Waals surface area contributed by atoms with Crippen LogP contribution in [0, 0.1) is 13.8 Å². The fourth-order valence-electron chi connectivity index (χ4n) is 1.64. The molecular formula is C12H14N2O2S. The molecule has 0 saturated heterocycles. The summed E-state index contributed by atoms with van der Waals surface area (Å²) in [4.78, 5) is 13.7. The van der Waals surface area contributed by atoms with Crippen LogP contribution in [0.3, 0.4) is 0 Å². The fraction of sp³-hybridized carbons (Fsp3) is 0.333. The molecule has 0 saturated carbocycles. The van der Waals surface area contributed by atoms with Gasteiger partial charge in [0.2, 0.25) is 0 Å². The third-order valence-corrected chi connectivity index (χ3v) is 3.37. The van der Waals surface area contributed by atoms with Crippen LogP contribution < -0.4 is 0 Å². The highest BCUT2D eigenvalue weighted by atomic mass is 32.1. The van der Waals surface area contributed by atoms with Crippen molar-refractivity contribution in [3.8, 4) is 0 Å². The van der Waals surface area contributed by atoms with E-state index in [4.69, 9.17) is 4.52 Å². The molecule has 0 aliphatic heterocycles. The van der Waals surface area contributed by atoms with E-state index in [2.05, 4.69) is 5.16 Å². The van der Waals surface area contributed by atoms with E-state index < -0.39 is 0 Å². The van der Waals surface area contributed by atoms with Gasteiger partial charge in [-0.3, -0.25) is 4.79 Å². The molecule has 0 aliphatic rings. The van der Waals surface area contributed by atoms with Gasteiger partial charge in [-0.15, -0.1) is 0 Å². The second kappa shape index (κ2) is 4.71. The molecule has 0 aromatic carbocycles. The minimum absolute atomic E-state index is 0.0197. The van der Waals surface area contributed by atoms with Crippen molar-refractivity contribution in [1.82, 2.24) is 10.1 Å². The lowest BCUT2D eigenvalue weighted by atomic mass is 10.2. The Bertz CT molecular complexity index is 497. The normalized spacial score (nSPS) is 10.5. The molecule has 17 heavy (non-hydrogen) atoms. The first kappa shape index (κ1) is 11.9. The van der Waals surface area contributed by atoms with Crippen molar-refractivity contribution in [3.05, 3.63) is 39.4 Å². The van der Waals surface area contributed by atoms with Crippen LogP contribution in [0.15, 0.2) is 21.3 Å². The molecular weight excluding hydrogens is 236 g/mol. The van der Waals surface area contributed by atoms with E-state index in [0.717, 1.165) is 22.6 Å². The van der Waals surface area contributed by atoms with E-state index in [1.807, 2.05) is 30.7 Å². The summed E-state index contributed by atoms with van der Waals surface area (Å²) in [6, 6.07) is 1.83. The lowest BCUT2D eigenvalue weighted by molar-refractivity contribution is 0.0785. The first-order valence-electron chi connectivity index (χ1n) is 5.29. The Morgan fingerprint density at radius 1 is 1.53 bits per heavy atom. The van der Waals surface area contributed by atoms with Crippen molar-refractivity contribution in [1.29, 1.82) is 0 Å². The molecule has 2 aromatic heterocycles. The number of thiophene rings is 1. The Morgan fingerprint density at radius 3 is 2.82 bits per heavy atom. The van der Waals surface area contributed by atoms with Gasteiger partial charge in [-0.05, 0) is 25.3 Å². The zero-order valence-corrected chi connectivity index (χ0v) is 10.9. The van der Waals surface area contributed by atoms with Gasteiger partial charge in [-0.1, -0.05) is 5.16 Å². The minimum atomic E-state index is 0.0197. The number of nitrogens with zero attached hydrogens (tertiary/aromatic N) is 2.